The second-order valence-corrected chi connectivity index (χ2v) is 4.44. The van der Waals surface area contributed by atoms with Crippen LogP contribution in [0.15, 0.2) is 49.1 Å². The van der Waals surface area contributed by atoms with E-state index in [1.165, 1.54) is 13.2 Å². The van der Waals surface area contributed by atoms with Gasteiger partial charge >= 0.3 is 0 Å². The Labute approximate surface area is 120 Å². The molecular formula is C15H13FN4O. The summed E-state index contributed by atoms with van der Waals surface area (Å²) in [5, 5.41) is 0. The van der Waals surface area contributed by atoms with Crippen molar-refractivity contribution in [2.75, 3.05) is 12.8 Å². The van der Waals surface area contributed by atoms with Gasteiger partial charge in [0.1, 0.15) is 17.4 Å². The predicted molar refractivity (Wildman–Crippen MR) is 77.7 cm³/mol. The van der Waals surface area contributed by atoms with Crippen LogP contribution < -0.4 is 10.5 Å². The average molecular weight is 284 g/mol. The Balaban J connectivity index is 2.13. The zero-order valence-corrected chi connectivity index (χ0v) is 11.3. The standard InChI is InChI=1S/C15H13FN4O/c1-21-11-3-4-12(16)13(6-11)20-9-18-8-14(20)10-2-5-15(17)19-7-10/h2-9H,1H3,(H2,17,19). The summed E-state index contributed by atoms with van der Waals surface area (Å²) in [7, 11) is 1.54. The minimum absolute atomic E-state index is 0.360. The average Bonchev–Trinajstić information content (AvgIpc) is 2.98. The third kappa shape index (κ3) is 2.43. The number of nitrogens with two attached hydrogens (primary N) is 1. The number of anilines is 1. The van der Waals surface area contributed by atoms with E-state index < -0.39 is 0 Å². The molecule has 3 rings (SSSR count). The Morgan fingerprint density at radius 3 is 2.76 bits per heavy atom. The quantitative estimate of drug-likeness (QED) is 0.803. The normalized spacial score (nSPS) is 10.6. The van der Waals surface area contributed by atoms with Crippen molar-refractivity contribution in [1.29, 1.82) is 0 Å². The van der Waals surface area contributed by atoms with E-state index >= 15 is 0 Å². The largest absolute Gasteiger partial charge is 0.497 e. The van der Waals surface area contributed by atoms with Crippen LogP contribution >= 0.6 is 0 Å². The van der Waals surface area contributed by atoms with Gasteiger partial charge in [0, 0.05) is 17.8 Å². The van der Waals surface area contributed by atoms with Crippen molar-refractivity contribution < 1.29 is 9.13 Å². The molecule has 0 fully saturated rings. The second kappa shape index (κ2) is 5.24. The molecule has 0 saturated heterocycles. The number of nitrogens with zero attached hydrogens (tertiary/aromatic N) is 3. The van der Waals surface area contributed by atoms with E-state index in [1.807, 2.05) is 6.07 Å². The fourth-order valence-corrected chi connectivity index (χ4v) is 2.06. The maximum absolute atomic E-state index is 14.1. The highest BCUT2D eigenvalue weighted by atomic mass is 19.1. The highest BCUT2D eigenvalue weighted by molar-refractivity contribution is 5.62. The summed E-state index contributed by atoms with van der Waals surface area (Å²) in [4.78, 5) is 8.13. The molecule has 0 aliphatic carbocycles. The van der Waals surface area contributed by atoms with Crippen LogP contribution in [0.1, 0.15) is 0 Å². The van der Waals surface area contributed by atoms with E-state index in [1.54, 1.807) is 41.5 Å². The van der Waals surface area contributed by atoms with Gasteiger partial charge in [0.15, 0.2) is 0 Å². The predicted octanol–water partition coefficient (Wildman–Crippen LogP) is 2.66. The SMILES string of the molecule is COc1ccc(F)c(-n2cncc2-c2ccc(N)nc2)c1. The number of imidazole rings is 1. The molecule has 21 heavy (non-hydrogen) atoms. The van der Waals surface area contributed by atoms with Crippen LogP contribution in [0.3, 0.4) is 0 Å². The fraction of sp³-hybridized carbons (Fsp3) is 0.0667. The second-order valence-electron chi connectivity index (χ2n) is 4.44. The van der Waals surface area contributed by atoms with Gasteiger partial charge in [0.2, 0.25) is 0 Å². The van der Waals surface area contributed by atoms with Crippen LogP contribution in [0.4, 0.5) is 10.2 Å². The van der Waals surface area contributed by atoms with E-state index in [9.17, 15) is 4.39 Å². The third-order valence-corrected chi connectivity index (χ3v) is 3.13. The Hall–Kier alpha value is -2.89. The minimum atomic E-state index is -0.363. The number of ether oxygens (including phenoxy) is 1. The van der Waals surface area contributed by atoms with Gasteiger partial charge in [-0.2, -0.15) is 0 Å². The summed E-state index contributed by atoms with van der Waals surface area (Å²) < 4.78 is 20.9. The van der Waals surface area contributed by atoms with E-state index in [4.69, 9.17) is 10.5 Å². The van der Waals surface area contributed by atoms with Gasteiger partial charge in [-0.3, -0.25) is 4.57 Å². The number of pyridine rings is 1. The van der Waals surface area contributed by atoms with Crippen molar-refractivity contribution in [2.24, 2.45) is 0 Å². The summed E-state index contributed by atoms with van der Waals surface area (Å²) in [5.41, 5.74) is 7.45. The molecule has 0 unspecified atom stereocenters. The number of aromatic nitrogens is 3. The Kier molecular flexibility index (Phi) is 3.27. The van der Waals surface area contributed by atoms with Gasteiger partial charge in [0.25, 0.3) is 0 Å². The summed E-state index contributed by atoms with van der Waals surface area (Å²) in [6.45, 7) is 0. The number of rotatable bonds is 3. The molecule has 0 saturated carbocycles. The first-order valence-corrected chi connectivity index (χ1v) is 6.27. The summed E-state index contributed by atoms with van der Waals surface area (Å²) >= 11 is 0. The van der Waals surface area contributed by atoms with Crippen LogP contribution in [-0.4, -0.2) is 21.6 Å². The number of hydrogen-bond donors (Lipinski definition) is 1. The number of benzene rings is 1. The molecule has 0 aliphatic heterocycles. The lowest BCUT2D eigenvalue weighted by Gasteiger charge is -2.10. The van der Waals surface area contributed by atoms with Crippen molar-refractivity contribution in [3.63, 3.8) is 0 Å². The van der Waals surface area contributed by atoms with Gasteiger partial charge < -0.3 is 10.5 Å². The first-order chi connectivity index (χ1) is 10.2. The zero-order chi connectivity index (χ0) is 14.8. The van der Waals surface area contributed by atoms with Crippen LogP contribution in [0, 0.1) is 5.82 Å². The Morgan fingerprint density at radius 1 is 1.19 bits per heavy atom. The molecule has 0 spiro atoms. The van der Waals surface area contributed by atoms with Crippen molar-refractivity contribution >= 4 is 5.82 Å². The molecule has 0 atom stereocenters. The summed E-state index contributed by atoms with van der Waals surface area (Å²) in [6.07, 6.45) is 4.82. The van der Waals surface area contributed by atoms with Crippen LogP contribution in [-0.2, 0) is 0 Å². The molecule has 106 valence electrons. The van der Waals surface area contributed by atoms with Gasteiger partial charge in [-0.05, 0) is 24.3 Å². The highest BCUT2D eigenvalue weighted by Gasteiger charge is 2.12. The number of hydrogen-bond acceptors (Lipinski definition) is 4. The number of nitrogen functional groups attached to an aromatic ring is 1. The van der Waals surface area contributed by atoms with Crippen molar-refractivity contribution in [1.82, 2.24) is 14.5 Å². The van der Waals surface area contributed by atoms with E-state index in [0.29, 0.717) is 17.3 Å². The minimum Gasteiger partial charge on any atom is -0.497 e. The fourth-order valence-electron chi connectivity index (χ4n) is 2.06. The first-order valence-electron chi connectivity index (χ1n) is 6.27. The van der Waals surface area contributed by atoms with E-state index in [0.717, 1.165) is 11.3 Å². The van der Waals surface area contributed by atoms with Crippen LogP contribution in [0.5, 0.6) is 5.75 Å². The lowest BCUT2D eigenvalue weighted by atomic mass is 10.2. The molecule has 2 aromatic heterocycles. The van der Waals surface area contributed by atoms with Crippen LogP contribution in [0.2, 0.25) is 0 Å². The molecule has 5 nitrogen and oxygen atoms in total. The maximum Gasteiger partial charge on any atom is 0.147 e. The van der Waals surface area contributed by atoms with Gasteiger partial charge in [-0.1, -0.05) is 0 Å². The zero-order valence-electron chi connectivity index (χ0n) is 11.3. The molecule has 0 radical (unpaired) electrons. The van der Waals surface area contributed by atoms with Gasteiger partial charge in [-0.25, -0.2) is 14.4 Å². The van der Waals surface area contributed by atoms with Crippen molar-refractivity contribution in [3.8, 4) is 22.7 Å². The van der Waals surface area contributed by atoms with E-state index in [-0.39, 0.29) is 5.82 Å². The summed E-state index contributed by atoms with van der Waals surface area (Å²) in [5.74, 6) is 0.636. The first kappa shape index (κ1) is 13.1. The van der Waals surface area contributed by atoms with Crippen molar-refractivity contribution in [3.05, 3.63) is 54.9 Å². The third-order valence-electron chi connectivity index (χ3n) is 3.13. The highest BCUT2D eigenvalue weighted by Crippen LogP contribution is 2.26. The smallest absolute Gasteiger partial charge is 0.147 e. The maximum atomic E-state index is 14.1. The molecule has 1 aromatic carbocycles. The lowest BCUT2D eigenvalue weighted by molar-refractivity contribution is 0.413. The molecule has 0 amide bonds. The van der Waals surface area contributed by atoms with Gasteiger partial charge in [0.05, 0.1) is 31.0 Å². The molecule has 2 N–H and O–H groups in total. The Bertz CT molecular complexity index is 768. The van der Waals surface area contributed by atoms with Crippen LogP contribution in [0.25, 0.3) is 16.9 Å². The monoisotopic (exact) mass is 284 g/mol. The molecular weight excluding hydrogens is 271 g/mol. The summed E-state index contributed by atoms with van der Waals surface area (Å²) in [6, 6.07) is 8.05. The lowest BCUT2D eigenvalue weighted by Crippen LogP contribution is -2.00. The van der Waals surface area contributed by atoms with Gasteiger partial charge in [-0.15, -0.1) is 0 Å². The van der Waals surface area contributed by atoms with Crippen molar-refractivity contribution in [2.45, 2.75) is 0 Å². The molecule has 6 heteroatoms. The number of methoxy groups -OCH3 is 1. The molecule has 3 aromatic rings. The topological polar surface area (TPSA) is 66.0 Å². The molecule has 2 heterocycles. The number of halogens is 1. The molecule has 0 bridgehead atoms. The van der Waals surface area contributed by atoms with E-state index in [2.05, 4.69) is 9.97 Å². The Morgan fingerprint density at radius 2 is 2.05 bits per heavy atom. The molecule has 0 aliphatic rings.